The average Bonchev–Trinajstić information content (AvgIpc) is 3.56. The maximum atomic E-state index is 12.8. The predicted molar refractivity (Wildman–Crippen MR) is 122 cm³/mol. The van der Waals surface area contributed by atoms with E-state index in [1.807, 2.05) is 23.6 Å². The van der Waals surface area contributed by atoms with Crippen LogP contribution in [0, 0.1) is 25.2 Å². The van der Waals surface area contributed by atoms with Gasteiger partial charge in [-0.2, -0.15) is 10.2 Å². The summed E-state index contributed by atoms with van der Waals surface area (Å²) in [7, 11) is 1.67. The normalized spacial score (nSPS) is 14.0. The van der Waals surface area contributed by atoms with E-state index in [1.165, 1.54) is 18.0 Å². The van der Waals surface area contributed by atoms with Crippen LogP contribution in [0.25, 0.3) is 11.7 Å². The molecule has 10 nitrogen and oxygen atoms in total. The van der Waals surface area contributed by atoms with E-state index < -0.39 is 0 Å². The Morgan fingerprint density at radius 2 is 2.06 bits per heavy atom. The van der Waals surface area contributed by atoms with E-state index in [1.54, 1.807) is 19.2 Å². The van der Waals surface area contributed by atoms with Crippen molar-refractivity contribution in [3.63, 3.8) is 0 Å². The minimum atomic E-state index is 0.0607. The van der Waals surface area contributed by atoms with Crippen molar-refractivity contribution in [1.29, 1.82) is 5.26 Å². The van der Waals surface area contributed by atoms with E-state index in [9.17, 15) is 10.1 Å². The number of nitriles is 1. The molecule has 33 heavy (non-hydrogen) atoms. The van der Waals surface area contributed by atoms with Crippen LogP contribution in [0.2, 0.25) is 0 Å². The molecule has 1 amide bonds. The van der Waals surface area contributed by atoms with Crippen LogP contribution in [-0.4, -0.2) is 71.0 Å². The van der Waals surface area contributed by atoms with Crippen LogP contribution in [0.1, 0.15) is 17.1 Å². The van der Waals surface area contributed by atoms with E-state index in [0.29, 0.717) is 56.7 Å². The van der Waals surface area contributed by atoms with Crippen LogP contribution in [0.3, 0.4) is 0 Å². The van der Waals surface area contributed by atoms with Gasteiger partial charge in [0, 0.05) is 45.5 Å². The molecule has 0 atom stereocenters. The van der Waals surface area contributed by atoms with Crippen molar-refractivity contribution in [1.82, 2.24) is 19.4 Å². The van der Waals surface area contributed by atoms with Gasteiger partial charge in [0.1, 0.15) is 6.07 Å². The fraction of sp³-hybridized carbons (Fsp3) is 0.455. The molecule has 1 saturated heterocycles. The number of piperazine rings is 1. The van der Waals surface area contributed by atoms with Gasteiger partial charge in [0.05, 0.1) is 24.3 Å². The van der Waals surface area contributed by atoms with Crippen molar-refractivity contribution in [3.8, 4) is 17.7 Å². The molecule has 1 fully saturated rings. The number of carbonyl (C=O) groups excluding carboxylic acids is 1. The van der Waals surface area contributed by atoms with Crippen molar-refractivity contribution in [3.05, 3.63) is 35.5 Å². The number of rotatable bonds is 8. The number of anilines is 1. The Morgan fingerprint density at radius 1 is 1.27 bits per heavy atom. The molecule has 0 aromatic carbocycles. The second-order valence-electron chi connectivity index (χ2n) is 7.63. The molecule has 0 bridgehead atoms. The Labute approximate surface area is 196 Å². The van der Waals surface area contributed by atoms with E-state index in [-0.39, 0.29) is 17.5 Å². The molecule has 11 heteroatoms. The minimum Gasteiger partial charge on any atom is -0.459 e. The number of aromatic nitrogens is 3. The number of oxazole rings is 1. The summed E-state index contributed by atoms with van der Waals surface area (Å²) in [5, 5.41) is 10.3. The largest absolute Gasteiger partial charge is 0.459 e. The summed E-state index contributed by atoms with van der Waals surface area (Å²) >= 11 is 1.45. The molecule has 4 heterocycles. The quantitative estimate of drug-likeness (QED) is 0.458. The molecule has 0 aliphatic carbocycles. The van der Waals surface area contributed by atoms with Crippen LogP contribution < -0.4 is 4.90 Å². The highest BCUT2D eigenvalue weighted by Gasteiger charge is 2.27. The highest BCUT2D eigenvalue weighted by molar-refractivity contribution is 7.99. The molecule has 4 rings (SSSR count). The van der Waals surface area contributed by atoms with Gasteiger partial charge in [-0.3, -0.25) is 4.79 Å². The number of hydrogen-bond acceptors (Lipinski definition) is 9. The van der Waals surface area contributed by atoms with Crippen molar-refractivity contribution in [2.24, 2.45) is 0 Å². The van der Waals surface area contributed by atoms with Gasteiger partial charge in [-0.05, 0) is 26.0 Å². The molecule has 174 valence electrons. The minimum absolute atomic E-state index is 0.0607. The highest BCUT2D eigenvalue weighted by atomic mass is 32.2. The van der Waals surface area contributed by atoms with Crippen LogP contribution in [-0.2, 0) is 16.1 Å². The molecule has 0 unspecified atom stereocenters. The molecular formula is C22H26N6O4S. The van der Waals surface area contributed by atoms with E-state index in [2.05, 4.69) is 20.6 Å². The number of ether oxygens (including phenoxy) is 1. The predicted octanol–water partition coefficient (Wildman–Crippen LogP) is 2.71. The first-order valence-corrected chi connectivity index (χ1v) is 11.6. The second kappa shape index (κ2) is 10.1. The Kier molecular flexibility index (Phi) is 7.05. The van der Waals surface area contributed by atoms with Gasteiger partial charge in [-0.25, -0.2) is 4.98 Å². The highest BCUT2D eigenvalue weighted by Crippen LogP contribution is 2.29. The molecule has 0 saturated carbocycles. The van der Waals surface area contributed by atoms with Crippen LogP contribution in [0.4, 0.5) is 5.88 Å². The van der Waals surface area contributed by atoms with Gasteiger partial charge in [0.25, 0.3) is 5.89 Å². The molecular weight excluding hydrogens is 444 g/mol. The standard InChI is InChI=1S/C22H26N6O4S/c1-15-16(2)28(10-12-30-3)22(24-15)33-14-19(29)26-6-8-27(9-7-26)21-17(13-23)25-20(32-21)18-5-4-11-31-18/h4-5,11H,6-10,12,14H2,1-3H3. The van der Waals surface area contributed by atoms with Gasteiger partial charge in [0.2, 0.25) is 17.5 Å². The first kappa shape index (κ1) is 22.9. The lowest BCUT2D eigenvalue weighted by atomic mass is 10.3. The van der Waals surface area contributed by atoms with Gasteiger partial charge >= 0.3 is 0 Å². The number of amides is 1. The Hall–Kier alpha value is -3.23. The monoisotopic (exact) mass is 470 g/mol. The van der Waals surface area contributed by atoms with Crippen LogP contribution >= 0.6 is 11.8 Å². The maximum Gasteiger partial charge on any atom is 0.266 e. The van der Waals surface area contributed by atoms with Gasteiger partial charge < -0.3 is 27.9 Å². The lowest BCUT2D eigenvalue weighted by Gasteiger charge is -2.34. The number of aryl methyl sites for hydroxylation is 1. The Bertz CT molecular complexity index is 1140. The third-order valence-electron chi connectivity index (χ3n) is 5.63. The van der Waals surface area contributed by atoms with E-state index >= 15 is 0 Å². The third-order valence-corrected chi connectivity index (χ3v) is 6.59. The fourth-order valence-corrected chi connectivity index (χ4v) is 4.68. The molecule has 3 aromatic heterocycles. The molecule has 0 radical (unpaired) electrons. The number of thioether (sulfide) groups is 1. The van der Waals surface area contributed by atoms with Crippen molar-refractivity contribution in [2.75, 3.05) is 50.5 Å². The topological polar surface area (TPSA) is 114 Å². The lowest BCUT2D eigenvalue weighted by Crippen LogP contribution is -2.49. The van der Waals surface area contributed by atoms with Crippen LogP contribution in [0.5, 0.6) is 0 Å². The number of nitrogens with zero attached hydrogens (tertiary/aromatic N) is 6. The van der Waals surface area contributed by atoms with Crippen molar-refractivity contribution in [2.45, 2.75) is 25.5 Å². The summed E-state index contributed by atoms with van der Waals surface area (Å²) in [6.45, 7) is 7.48. The average molecular weight is 471 g/mol. The number of hydrogen-bond donors (Lipinski definition) is 0. The molecule has 0 N–H and O–H groups in total. The Balaban J connectivity index is 1.35. The van der Waals surface area contributed by atoms with Gasteiger partial charge in [0.15, 0.2) is 10.9 Å². The summed E-state index contributed by atoms with van der Waals surface area (Å²) in [6, 6.07) is 5.55. The molecule has 1 aliphatic rings. The summed E-state index contributed by atoms with van der Waals surface area (Å²) in [6.07, 6.45) is 1.53. The first-order valence-electron chi connectivity index (χ1n) is 10.6. The van der Waals surface area contributed by atoms with Crippen molar-refractivity contribution < 1.29 is 18.4 Å². The van der Waals surface area contributed by atoms with Crippen LogP contribution in [0.15, 0.2) is 32.4 Å². The number of carbonyl (C=O) groups is 1. The van der Waals surface area contributed by atoms with E-state index in [4.69, 9.17) is 13.6 Å². The summed E-state index contributed by atoms with van der Waals surface area (Å²) < 4.78 is 18.4. The van der Waals surface area contributed by atoms with Gasteiger partial charge in [-0.15, -0.1) is 0 Å². The van der Waals surface area contributed by atoms with Gasteiger partial charge in [-0.1, -0.05) is 11.8 Å². The summed E-state index contributed by atoms with van der Waals surface area (Å²) in [4.78, 5) is 25.5. The summed E-state index contributed by atoms with van der Waals surface area (Å²) in [5.41, 5.74) is 2.26. The number of imidazole rings is 1. The Morgan fingerprint density at radius 3 is 2.73 bits per heavy atom. The zero-order valence-electron chi connectivity index (χ0n) is 18.9. The summed E-state index contributed by atoms with van der Waals surface area (Å²) in [5.74, 6) is 1.54. The van der Waals surface area contributed by atoms with Crippen molar-refractivity contribution >= 4 is 23.6 Å². The van der Waals surface area contributed by atoms with E-state index in [0.717, 1.165) is 16.5 Å². The lowest BCUT2D eigenvalue weighted by molar-refractivity contribution is -0.128. The second-order valence-corrected chi connectivity index (χ2v) is 8.57. The smallest absolute Gasteiger partial charge is 0.266 e. The molecule has 3 aromatic rings. The third kappa shape index (κ3) is 4.91. The number of methoxy groups -OCH3 is 1. The first-order chi connectivity index (χ1) is 16.0. The zero-order valence-corrected chi connectivity index (χ0v) is 19.7. The molecule has 0 spiro atoms. The maximum absolute atomic E-state index is 12.8. The molecule has 1 aliphatic heterocycles. The fourth-order valence-electron chi connectivity index (χ4n) is 3.66. The zero-order chi connectivity index (χ0) is 23.4. The number of furan rings is 1. The SMILES string of the molecule is COCCn1c(SCC(=O)N2CCN(c3oc(-c4ccco4)nc3C#N)CC2)nc(C)c1C.